The van der Waals surface area contributed by atoms with Crippen molar-refractivity contribution in [3.05, 3.63) is 41.0 Å². The van der Waals surface area contributed by atoms with Gasteiger partial charge in [-0.2, -0.15) is 0 Å². The summed E-state index contributed by atoms with van der Waals surface area (Å²) < 4.78 is 0. The van der Waals surface area contributed by atoms with E-state index in [4.69, 9.17) is 0 Å². The molecule has 33 heavy (non-hydrogen) atoms. The van der Waals surface area contributed by atoms with E-state index >= 15 is 0 Å². The largest absolute Gasteiger partial charge is 0.391 e. The predicted octanol–water partition coefficient (Wildman–Crippen LogP) is 2.25. The summed E-state index contributed by atoms with van der Waals surface area (Å²) in [7, 11) is 0. The predicted molar refractivity (Wildman–Crippen MR) is 127 cm³/mol. The van der Waals surface area contributed by atoms with E-state index in [9.17, 15) is 19.5 Å². The van der Waals surface area contributed by atoms with E-state index in [0.29, 0.717) is 6.54 Å². The molecule has 0 bridgehead atoms. The fourth-order valence-corrected chi connectivity index (χ4v) is 4.80. The highest BCUT2D eigenvalue weighted by atomic mass is 32.1. The monoisotopic (exact) mass is 472 g/mol. The summed E-state index contributed by atoms with van der Waals surface area (Å²) in [6.07, 6.45) is -0.623. The summed E-state index contributed by atoms with van der Waals surface area (Å²) in [5, 5.41) is 15.8. The third-order valence-electron chi connectivity index (χ3n) is 5.75. The summed E-state index contributed by atoms with van der Waals surface area (Å²) in [6.45, 7) is 9.26. The Morgan fingerprint density at radius 3 is 2.45 bits per heavy atom. The summed E-state index contributed by atoms with van der Waals surface area (Å²) in [6, 6.07) is 6.32. The highest BCUT2D eigenvalue weighted by Crippen LogP contribution is 2.28. The number of nitrogens with zero attached hydrogens (tertiary/aromatic N) is 2. The van der Waals surface area contributed by atoms with Gasteiger partial charge in [0.1, 0.15) is 12.1 Å². The molecular formula is C24H32N4O4S. The number of carbonyl (C=O) groups is 3. The zero-order valence-corrected chi connectivity index (χ0v) is 20.5. The lowest BCUT2D eigenvalue weighted by atomic mass is 9.85. The van der Waals surface area contributed by atoms with Crippen molar-refractivity contribution in [3.63, 3.8) is 0 Å². The zero-order chi connectivity index (χ0) is 24.3. The number of benzene rings is 1. The SMILES string of the molecule is CC(=O)N[C@H](C(=O)N1C[C@@H](O)C[C@H]1C(=O)NCc1ccc(-c2scnc2C)cc1)C(C)(C)C. The summed E-state index contributed by atoms with van der Waals surface area (Å²) in [4.78, 5) is 44.7. The molecule has 0 unspecified atom stereocenters. The van der Waals surface area contributed by atoms with E-state index < -0.39 is 23.6 Å². The minimum absolute atomic E-state index is 0.0615. The fourth-order valence-electron chi connectivity index (χ4n) is 3.98. The molecule has 0 aliphatic carbocycles. The average molecular weight is 473 g/mol. The van der Waals surface area contributed by atoms with Gasteiger partial charge >= 0.3 is 0 Å². The number of thiazole rings is 1. The first-order valence-electron chi connectivity index (χ1n) is 11.0. The molecule has 2 heterocycles. The van der Waals surface area contributed by atoms with Crippen LogP contribution in [0.2, 0.25) is 0 Å². The quantitative estimate of drug-likeness (QED) is 0.597. The first-order valence-corrected chi connectivity index (χ1v) is 11.9. The Hall–Kier alpha value is -2.78. The molecule has 1 aliphatic heterocycles. The Labute approximate surface area is 198 Å². The van der Waals surface area contributed by atoms with Crippen LogP contribution in [-0.4, -0.2) is 57.4 Å². The number of nitrogens with one attached hydrogen (secondary N) is 2. The van der Waals surface area contributed by atoms with Crippen LogP contribution < -0.4 is 10.6 Å². The third-order valence-corrected chi connectivity index (χ3v) is 6.73. The van der Waals surface area contributed by atoms with E-state index in [2.05, 4.69) is 15.6 Å². The van der Waals surface area contributed by atoms with Crippen LogP contribution in [0.4, 0.5) is 0 Å². The molecule has 1 aromatic carbocycles. The van der Waals surface area contributed by atoms with Crippen molar-refractivity contribution in [1.29, 1.82) is 0 Å². The maximum atomic E-state index is 13.3. The van der Waals surface area contributed by atoms with Gasteiger partial charge in [0.25, 0.3) is 0 Å². The number of aromatic nitrogens is 1. The Balaban J connectivity index is 1.67. The number of hydrogen-bond donors (Lipinski definition) is 3. The number of amides is 3. The van der Waals surface area contributed by atoms with Crippen molar-refractivity contribution in [2.75, 3.05) is 6.54 Å². The molecule has 9 heteroatoms. The number of β-amino-alcohol motifs (C(OH)–C–C–N with tert-alkyl or cyclic N) is 1. The molecule has 0 radical (unpaired) electrons. The zero-order valence-electron chi connectivity index (χ0n) is 19.7. The van der Waals surface area contributed by atoms with Gasteiger partial charge in [0.15, 0.2) is 0 Å². The van der Waals surface area contributed by atoms with Crippen LogP contribution >= 0.6 is 11.3 Å². The van der Waals surface area contributed by atoms with Crippen LogP contribution in [0.15, 0.2) is 29.8 Å². The first kappa shape index (κ1) is 24.9. The van der Waals surface area contributed by atoms with E-state index in [1.807, 2.05) is 57.5 Å². The number of carbonyl (C=O) groups excluding carboxylic acids is 3. The molecule has 3 rings (SSSR count). The van der Waals surface area contributed by atoms with Gasteiger partial charge < -0.3 is 20.6 Å². The minimum atomic E-state index is -0.793. The van der Waals surface area contributed by atoms with E-state index in [0.717, 1.165) is 21.7 Å². The minimum Gasteiger partial charge on any atom is -0.391 e. The molecule has 3 N–H and O–H groups in total. The Morgan fingerprint density at radius 2 is 1.91 bits per heavy atom. The van der Waals surface area contributed by atoms with Gasteiger partial charge in [-0.1, -0.05) is 45.0 Å². The van der Waals surface area contributed by atoms with Crippen LogP contribution in [0.3, 0.4) is 0 Å². The van der Waals surface area contributed by atoms with Crippen LogP contribution in [0.5, 0.6) is 0 Å². The van der Waals surface area contributed by atoms with Gasteiger partial charge in [-0.3, -0.25) is 14.4 Å². The number of rotatable bonds is 6. The highest BCUT2D eigenvalue weighted by molar-refractivity contribution is 7.13. The molecule has 3 atom stereocenters. The van der Waals surface area contributed by atoms with E-state index in [1.54, 1.807) is 11.3 Å². The molecule has 8 nitrogen and oxygen atoms in total. The summed E-state index contributed by atoms with van der Waals surface area (Å²) >= 11 is 1.59. The Bertz CT molecular complexity index is 1010. The number of aliphatic hydroxyl groups is 1. The second kappa shape index (κ2) is 10.0. The molecule has 2 aromatic rings. The van der Waals surface area contributed by atoms with Crippen LogP contribution in [0.1, 0.15) is 45.4 Å². The highest BCUT2D eigenvalue weighted by Gasteiger charge is 2.44. The molecule has 178 valence electrons. The standard InChI is InChI=1S/C24H32N4O4S/c1-14-20(33-13-26-14)17-8-6-16(7-9-17)11-25-22(31)19-10-18(30)12-28(19)23(32)21(24(3,4)5)27-15(2)29/h6-9,13,18-19,21,30H,10-12H2,1-5H3,(H,25,31)(H,27,29)/t18-,19-,21+/m0/s1. The molecule has 0 saturated carbocycles. The van der Waals surface area contributed by atoms with Crippen LogP contribution in [-0.2, 0) is 20.9 Å². The summed E-state index contributed by atoms with van der Waals surface area (Å²) in [5.74, 6) is -1.00. The van der Waals surface area contributed by atoms with E-state index in [1.165, 1.54) is 11.8 Å². The molecular weight excluding hydrogens is 440 g/mol. The molecule has 1 aromatic heterocycles. The molecule has 1 fully saturated rings. The fraction of sp³-hybridized carbons (Fsp3) is 0.500. The second-order valence-corrected chi connectivity index (χ2v) is 10.4. The third kappa shape index (κ3) is 5.97. The first-order chi connectivity index (χ1) is 15.5. The average Bonchev–Trinajstić information content (AvgIpc) is 3.35. The smallest absolute Gasteiger partial charge is 0.246 e. The van der Waals surface area contributed by atoms with Crippen LogP contribution in [0.25, 0.3) is 10.4 Å². The summed E-state index contributed by atoms with van der Waals surface area (Å²) in [5.41, 5.74) is 4.26. The van der Waals surface area contributed by atoms with Crippen LogP contribution in [0, 0.1) is 12.3 Å². The lowest BCUT2D eigenvalue weighted by molar-refractivity contribution is -0.143. The molecule has 3 amide bonds. The number of likely N-dealkylation sites (tertiary alicyclic amines) is 1. The van der Waals surface area contributed by atoms with Crippen molar-refractivity contribution in [1.82, 2.24) is 20.5 Å². The number of aryl methyl sites for hydroxylation is 1. The maximum Gasteiger partial charge on any atom is 0.246 e. The second-order valence-electron chi connectivity index (χ2n) is 9.58. The van der Waals surface area contributed by atoms with Gasteiger partial charge in [0, 0.05) is 26.4 Å². The maximum absolute atomic E-state index is 13.3. The van der Waals surface area contributed by atoms with Crippen molar-refractivity contribution in [3.8, 4) is 10.4 Å². The van der Waals surface area contributed by atoms with Crippen molar-refractivity contribution in [2.45, 2.75) is 65.8 Å². The lowest BCUT2D eigenvalue weighted by Gasteiger charge is -2.35. The topological polar surface area (TPSA) is 112 Å². The van der Waals surface area contributed by atoms with Crippen molar-refractivity contribution >= 4 is 29.1 Å². The van der Waals surface area contributed by atoms with Crippen molar-refractivity contribution < 1.29 is 19.5 Å². The van der Waals surface area contributed by atoms with Gasteiger partial charge in [-0.05, 0) is 23.5 Å². The molecule has 1 aliphatic rings. The Kier molecular flexibility index (Phi) is 7.54. The van der Waals surface area contributed by atoms with Gasteiger partial charge in [0.2, 0.25) is 17.7 Å². The van der Waals surface area contributed by atoms with Gasteiger partial charge in [-0.15, -0.1) is 11.3 Å². The lowest BCUT2D eigenvalue weighted by Crippen LogP contribution is -2.57. The number of hydrogen-bond acceptors (Lipinski definition) is 6. The van der Waals surface area contributed by atoms with E-state index in [-0.39, 0.29) is 30.7 Å². The van der Waals surface area contributed by atoms with Crippen molar-refractivity contribution in [2.24, 2.45) is 5.41 Å². The number of aliphatic hydroxyl groups excluding tert-OH is 1. The van der Waals surface area contributed by atoms with Gasteiger partial charge in [0.05, 0.1) is 22.2 Å². The molecule has 1 saturated heterocycles. The normalized spacial score (nSPS) is 19.3. The Morgan fingerprint density at radius 1 is 1.24 bits per heavy atom. The molecule has 0 spiro atoms. The van der Waals surface area contributed by atoms with Gasteiger partial charge in [-0.25, -0.2) is 4.98 Å².